The number of para-hydroxylation sites is 2. The normalized spacial score (nSPS) is 14.1. The van der Waals surface area contributed by atoms with Crippen molar-refractivity contribution >= 4 is 11.5 Å². The van der Waals surface area contributed by atoms with Crippen LogP contribution in [-0.4, -0.2) is 22.9 Å². The predicted octanol–water partition coefficient (Wildman–Crippen LogP) is 1.88. The summed E-state index contributed by atoms with van der Waals surface area (Å²) in [6.07, 6.45) is 0. The lowest BCUT2D eigenvalue weighted by Crippen LogP contribution is -2.32. The fourth-order valence-corrected chi connectivity index (χ4v) is 2.47. The molecule has 5 nitrogen and oxygen atoms in total. The molecule has 0 saturated heterocycles. The molecule has 0 fully saturated rings. The van der Waals surface area contributed by atoms with E-state index in [1.165, 1.54) is 0 Å². The van der Waals surface area contributed by atoms with Gasteiger partial charge in [-0.05, 0) is 19.1 Å². The minimum absolute atomic E-state index is 0.582. The summed E-state index contributed by atoms with van der Waals surface area (Å²) < 4.78 is 7.62. The second-order valence-corrected chi connectivity index (χ2v) is 4.61. The lowest BCUT2D eigenvalue weighted by molar-refractivity contribution is 0.306. The van der Waals surface area contributed by atoms with Crippen molar-refractivity contribution in [3.8, 4) is 5.75 Å². The average molecular weight is 258 g/mol. The topological polar surface area (TPSA) is 56.3 Å². The summed E-state index contributed by atoms with van der Waals surface area (Å²) in [4.78, 5) is 2.31. The van der Waals surface area contributed by atoms with E-state index in [0.29, 0.717) is 12.4 Å². The Morgan fingerprint density at radius 2 is 2.21 bits per heavy atom. The van der Waals surface area contributed by atoms with Crippen LogP contribution in [-0.2, 0) is 13.1 Å². The number of hydrogen-bond acceptors (Lipinski definition) is 4. The van der Waals surface area contributed by atoms with Crippen molar-refractivity contribution in [1.29, 1.82) is 0 Å². The summed E-state index contributed by atoms with van der Waals surface area (Å²) >= 11 is 0. The molecule has 1 aromatic carbocycles. The minimum atomic E-state index is 0.582. The van der Waals surface area contributed by atoms with Crippen LogP contribution < -0.4 is 15.4 Å². The van der Waals surface area contributed by atoms with Crippen LogP contribution in [0.5, 0.6) is 5.75 Å². The highest BCUT2D eigenvalue weighted by Gasteiger charge is 2.19. The Kier molecular flexibility index (Phi) is 3.03. The van der Waals surface area contributed by atoms with E-state index >= 15 is 0 Å². The SMILES string of the molecule is CCn1nc(N)cc1CN1CCOc2ccccc21. The van der Waals surface area contributed by atoms with Gasteiger partial charge in [0.15, 0.2) is 0 Å². The number of ether oxygens (including phenoxy) is 1. The van der Waals surface area contributed by atoms with E-state index in [2.05, 4.69) is 23.0 Å². The average Bonchev–Trinajstić information content (AvgIpc) is 2.79. The van der Waals surface area contributed by atoms with Crippen LogP contribution in [0.2, 0.25) is 0 Å². The fraction of sp³-hybridized carbons (Fsp3) is 0.357. The molecular weight excluding hydrogens is 240 g/mol. The molecule has 19 heavy (non-hydrogen) atoms. The van der Waals surface area contributed by atoms with Gasteiger partial charge in [0.25, 0.3) is 0 Å². The Labute approximate surface area is 112 Å². The van der Waals surface area contributed by atoms with Crippen molar-refractivity contribution < 1.29 is 4.74 Å². The second kappa shape index (κ2) is 4.84. The molecular formula is C14H18N4O. The van der Waals surface area contributed by atoms with Crippen LogP contribution in [0.4, 0.5) is 11.5 Å². The first-order chi connectivity index (χ1) is 9.28. The third-order valence-corrected chi connectivity index (χ3v) is 3.36. The van der Waals surface area contributed by atoms with Gasteiger partial charge in [0.05, 0.1) is 24.5 Å². The maximum absolute atomic E-state index is 5.78. The van der Waals surface area contributed by atoms with E-state index in [1.807, 2.05) is 28.9 Å². The van der Waals surface area contributed by atoms with E-state index in [0.717, 1.165) is 36.8 Å². The fourth-order valence-electron chi connectivity index (χ4n) is 2.47. The first-order valence-electron chi connectivity index (χ1n) is 6.57. The zero-order chi connectivity index (χ0) is 13.2. The van der Waals surface area contributed by atoms with Gasteiger partial charge in [-0.25, -0.2) is 0 Å². The number of nitrogen functional groups attached to an aromatic ring is 1. The van der Waals surface area contributed by atoms with Crippen LogP contribution >= 0.6 is 0 Å². The molecule has 2 heterocycles. The number of aryl methyl sites for hydroxylation is 1. The van der Waals surface area contributed by atoms with E-state index in [-0.39, 0.29) is 0 Å². The molecule has 0 spiro atoms. The molecule has 2 aromatic rings. The molecule has 0 amide bonds. The summed E-state index contributed by atoms with van der Waals surface area (Å²) in [6.45, 7) is 5.30. The van der Waals surface area contributed by atoms with Crippen molar-refractivity contribution in [2.24, 2.45) is 0 Å². The molecule has 0 bridgehead atoms. The number of hydrogen-bond donors (Lipinski definition) is 1. The van der Waals surface area contributed by atoms with Crippen molar-refractivity contribution in [3.63, 3.8) is 0 Å². The maximum Gasteiger partial charge on any atom is 0.145 e. The molecule has 2 N–H and O–H groups in total. The largest absolute Gasteiger partial charge is 0.490 e. The van der Waals surface area contributed by atoms with Crippen molar-refractivity contribution in [2.75, 3.05) is 23.8 Å². The summed E-state index contributed by atoms with van der Waals surface area (Å²) in [5.74, 6) is 1.53. The number of benzene rings is 1. The van der Waals surface area contributed by atoms with Crippen LogP contribution in [0.3, 0.4) is 0 Å². The summed E-state index contributed by atoms with van der Waals surface area (Å²) in [6, 6.07) is 10.1. The van der Waals surface area contributed by atoms with E-state index in [1.54, 1.807) is 0 Å². The summed E-state index contributed by atoms with van der Waals surface area (Å²) in [7, 11) is 0. The summed E-state index contributed by atoms with van der Waals surface area (Å²) in [5, 5.41) is 4.29. The number of nitrogens with two attached hydrogens (primary N) is 1. The van der Waals surface area contributed by atoms with Gasteiger partial charge in [-0.15, -0.1) is 0 Å². The molecule has 0 atom stereocenters. The maximum atomic E-state index is 5.78. The van der Waals surface area contributed by atoms with E-state index in [9.17, 15) is 0 Å². The van der Waals surface area contributed by atoms with Gasteiger partial charge in [0.1, 0.15) is 18.2 Å². The molecule has 1 aromatic heterocycles. The summed E-state index contributed by atoms with van der Waals surface area (Å²) in [5.41, 5.74) is 8.05. The van der Waals surface area contributed by atoms with E-state index in [4.69, 9.17) is 10.5 Å². The standard InChI is InChI=1S/C14H18N4O/c1-2-18-11(9-14(15)16-18)10-17-7-8-19-13-6-4-3-5-12(13)17/h3-6,9H,2,7-8,10H2,1H3,(H2,15,16). The first kappa shape index (κ1) is 11.9. The third-order valence-electron chi connectivity index (χ3n) is 3.36. The molecule has 0 saturated carbocycles. The van der Waals surface area contributed by atoms with Gasteiger partial charge in [-0.2, -0.15) is 5.10 Å². The Morgan fingerprint density at radius 1 is 1.37 bits per heavy atom. The third kappa shape index (κ3) is 2.23. The molecule has 100 valence electrons. The number of rotatable bonds is 3. The Hall–Kier alpha value is -2.17. The quantitative estimate of drug-likeness (QED) is 0.913. The van der Waals surface area contributed by atoms with E-state index < -0.39 is 0 Å². The zero-order valence-corrected chi connectivity index (χ0v) is 11.0. The van der Waals surface area contributed by atoms with Gasteiger partial charge in [0, 0.05) is 12.6 Å². The number of anilines is 2. The smallest absolute Gasteiger partial charge is 0.145 e. The molecule has 0 unspecified atom stereocenters. The Balaban J connectivity index is 1.88. The molecule has 3 rings (SSSR count). The highest BCUT2D eigenvalue weighted by Crippen LogP contribution is 2.32. The minimum Gasteiger partial charge on any atom is -0.490 e. The van der Waals surface area contributed by atoms with Gasteiger partial charge >= 0.3 is 0 Å². The second-order valence-electron chi connectivity index (χ2n) is 4.61. The highest BCUT2D eigenvalue weighted by atomic mass is 16.5. The number of nitrogens with zero attached hydrogens (tertiary/aromatic N) is 3. The monoisotopic (exact) mass is 258 g/mol. The lowest BCUT2D eigenvalue weighted by Gasteiger charge is -2.31. The number of fused-ring (bicyclic) bond motifs is 1. The molecule has 1 aliphatic heterocycles. The van der Waals surface area contributed by atoms with Gasteiger partial charge in [-0.1, -0.05) is 12.1 Å². The van der Waals surface area contributed by atoms with Crippen LogP contribution in [0.1, 0.15) is 12.6 Å². The number of aromatic nitrogens is 2. The Morgan fingerprint density at radius 3 is 3.05 bits per heavy atom. The van der Waals surface area contributed by atoms with Gasteiger partial charge < -0.3 is 15.4 Å². The Bertz CT molecular complexity index is 579. The molecule has 0 aliphatic carbocycles. The molecule has 5 heteroatoms. The molecule has 0 radical (unpaired) electrons. The van der Waals surface area contributed by atoms with Crippen molar-refractivity contribution in [2.45, 2.75) is 20.0 Å². The van der Waals surface area contributed by atoms with Crippen LogP contribution in [0, 0.1) is 0 Å². The van der Waals surface area contributed by atoms with Gasteiger partial charge in [-0.3, -0.25) is 4.68 Å². The van der Waals surface area contributed by atoms with Crippen LogP contribution in [0.15, 0.2) is 30.3 Å². The lowest BCUT2D eigenvalue weighted by atomic mass is 10.2. The first-order valence-corrected chi connectivity index (χ1v) is 6.57. The highest BCUT2D eigenvalue weighted by molar-refractivity contribution is 5.59. The van der Waals surface area contributed by atoms with Gasteiger partial charge in [0.2, 0.25) is 0 Å². The van der Waals surface area contributed by atoms with Crippen molar-refractivity contribution in [1.82, 2.24) is 9.78 Å². The predicted molar refractivity (Wildman–Crippen MR) is 75.3 cm³/mol. The zero-order valence-electron chi connectivity index (χ0n) is 11.0. The molecule has 1 aliphatic rings. The van der Waals surface area contributed by atoms with Crippen LogP contribution in [0.25, 0.3) is 0 Å². The van der Waals surface area contributed by atoms with Crippen molar-refractivity contribution in [3.05, 3.63) is 36.0 Å².